The lowest BCUT2D eigenvalue weighted by molar-refractivity contribution is -0.147. The predicted octanol–water partition coefficient (Wildman–Crippen LogP) is 1.02. The quantitative estimate of drug-likeness (QED) is 0.617. The molecule has 0 spiro atoms. The predicted molar refractivity (Wildman–Crippen MR) is 69.6 cm³/mol. The van der Waals surface area contributed by atoms with Gasteiger partial charge >= 0.3 is 12.0 Å². The van der Waals surface area contributed by atoms with E-state index in [1.165, 1.54) is 0 Å². The van der Waals surface area contributed by atoms with Crippen LogP contribution in [-0.2, 0) is 11.3 Å². The standard InChI is InChI=1S/C12H20N4O3/c1-4-12(3,10(17)18)7-14-11(19)13-5-9-6-15-16-8(9)2/h6H,4-5,7H2,1-3H3,(H,15,16)(H,17,18)(H2,13,14,19). The Kier molecular flexibility index (Phi) is 4.91. The largest absolute Gasteiger partial charge is 0.481 e. The van der Waals surface area contributed by atoms with Crippen LogP contribution < -0.4 is 10.6 Å². The van der Waals surface area contributed by atoms with Crippen LogP contribution >= 0.6 is 0 Å². The van der Waals surface area contributed by atoms with Gasteiger partial charge < -0.3 is 15.7 Å². The van der Waals surface area contributed by atoms with Gasteiger partial charge in [0.2, 0.25) is 0 Å². The molecule has 7 nitrogen and oxygen atoms in total. The number of rotatable bonds is 6. The Bertz CT molecular complexity index is 458. The van der Waals surface area contributed by atoms with Gasteiger partial charge in [0, 0.05) is 24.3 Å². The number of hydrogen-bond acceptors (Lipinski definition) is 3. The maximum Gasteiger partial charge on any atom is 0.315 e. The summed E-state index contributed by atoms with van der Waals surface area (Å²) in [5.74, 6) is -0.916. The minimum atomic E-state index is -0.942. The number of H-pyrrole nitrogens is 1. The topological polar surface area (TPSA) is 107 Å². The first-order valence-electron chi connectivity index (χ1n) is 6.13. The lowest BCUT2D eigenvalue weighted by Gasteiger charge is -2.23. The zero-order valence-corrected chi connectivity index (χ0v) is 11.4. The number of carbonyl (C=O) groups excluding carboxylic acids is 1. The number of carboxylic acids is 1. The van der Waals surface area contributed by atoms with Crippen molar-refractivity contribution < 1.29 is 14.7 Å². The third-order valence-corrected chi connectivity index (χ3v) is 3.31. The number of carboxylic acid groups (broad SMARTS) is 1. The third-order valence-electron chi connectivity index (χ3n) is 3.31. The SMILES string of the molecule is CCC(C)(CNC(=O)NCc1cn[nH]c1C)C(=O)O. The molecule has 0 saturated heterocycles. The zero-order chi connectivity index (χ0) is 14.5. The fraction of sp³-hybridized carbons (Fsp3) is 0.583. The Balaban J connectivity index is 2.40. The van der Waals surface area contributed by atoms with E-state index < -0.39 is 11.4 Å². The number of nitrogens with zero attached hydrogens (tertiary/aromatic N) is 1. The van der Waals surface area contributed by atoms with Gasteiger partial charge in [-0.15, -0.1) is 0 Å². The molecule has 0 aliphatic rings. The molecule has 0 aromatic carbocycles. The van der Waals surface area contributed by atoms with E-state index in [9.17, 15) is 9.59 Å². The van der Waals surface area contributed by atoms with Crippen molar-refractivity contribution in [3.63, 3.8) is 0 Å². The summed E-state index contributed by atoms with van der Waals surface area (Å²) < 4.78 is 0. The Morgan fingerprint density at radius 3 is 2.63 bits per heavy atom. The zero-order valence-electron chi connectivity index (χ0n) is 11.4. The van der Waals surface area contributed by atoms with Crippen molar-refractivity contribution in [3.8, 4) is 0 Å². The number of aromatic amines is 1. The van der Waals surface area contributed by atoms with Crippen LogP contribution in [0.3, 0.4) is 0 Å². The Labute approximate surface area is 111 Å². The molecule has 1 rings (SSSR count). The summed E-state index contributed by atoms with van der Waals surface area (Å²) in [6, 6.07) is -0.387. The van der Waals surface area contributed by atoms with E-state index in [1.54, 1.807) is 20.0 Å². The Morgan fingerprint density at radius 2 is 2.16 bits per heavy atom. The Morgan fingerprint density at radius 1 is 1.47 bits per heavy atom. The van der Waals surface area contributed by atoms with Crippen molar-refractivity contribution in [1.29, 1.82) is 0 Å². The number of carbonyl (C=O) groups is 2. The summed E-state index contributed by atoms with van der Waals surface area (Å²) in [4.78, 5) is 22.7. The van der Waals surface area contributed by atoms with E-state index in [2.05, 4.69) is 20.8 Å². The fourth-order valence-corrected chi connectivity index (χ4v) is 1.42. The summed E-state index contributed by atoms with van der Waals surface area (Å²) in [5.41, 5.74) is 0.846. The second-order valence-corrected chi connectivity index (χ2v) is 4.78. The van der Waals surface area contributed by atoms with Crippen LogP contribution in [0.4, 0.5) is 4.79 Å². The number of hydrogen-bond donors (Lipinski definition) is 4. The molecule has 1 aromatic heterocycles. The van der Waals surface area contributed by atoms with Gasteiger partial charge in [-0.3, -0.25) is 9.89 Å². The van der Waals surface area contributed by atoms with Crippen LogP contribution in [0, 0.1) is 12.3 Å². The van der Waals surface area contributed by atoms with Gasteiger partial charge in [0.1, 0.15) is 0 Å². The van der Waals surface area contributed by atoms with E-state index in [4.69, 9.17) is 5.11 Å². The molecule has 0 saturated carbocycles. The van der Waals surface area contributed by atoms with Crippen molar-refractivity contribution in [2.75, 3.05) is 6.54 Å². The Hall–Kier alpha value is -2.05. The summed E-state index contributed by atoms with van der Waals surface area (Å²) in [5, 5.41) is 20.9. The van der Waals surface area contributed by atoms with Gasteiger partial charge in [-0.1, -0.05) is 6.92 Å². The van der Waals surface area contributed by atoms with E-state index in [0.29, 0.717) is 13.0 Å². The maximum atomic E-state index is 11.6. The molecular formula is C12H20N4O3. The number of aromatic nitrogens is 2. The first kappa shape index (κ1) is 15.0. The number of amides is 2. The van der Waals surface area contributed by atoms with Crippen LogP contribution in [0.15, 0.2) is 6.20 Å². The molecule has 1 unspecified atom stereocenters. The fourth-order valence-electron chi connectivity index (χ4n) is 1.42. The van der Waals surface area contributed by atoms with E-state index in [-0.39, 0.29) is 12.6 Å². The van der Waals surface area contributed by atoms with Crippen molar-refractivity contribution >= 4 is 12.0 Å². The average molecular weight is 268 g/mol. The van der Waals surface area contributed by atoms with Gasteiger partial charge in [-0.05, 0) is 20.3 Å². The highest BCUT2D eigenvalue weighted by Crippen LogP contribution is 2.19. The smallest absolute Gasteiger partial charge is 0.315 e. The molecule has 0 aliphatic heterocycles. The maximum absolute atomic E-state index is 11.6. The van der Waals surface area contributed by atoms with Crippen LogP contribution in [0.5, 0.6) is 0 Å². The molecule has 2 amide bonds. The summed E-state index contributed by atoms with van der Waals surface area (Å²) in [7, 11) is 0. The van der Waals surface area contributed by atoms with Gasteiger partial charge in [0.25, 0.3) is 0 Å². The molecule has 0 bridgehead atoms. The highest BCUT2D eigenvalue weighted by molar-refractivity contribution is 5.77. The van der Waals surface area contributed by atoms with Crippen LogP contribution in [0.1, 0.15) is 31.5 Å². The molecule has 0 fully saturated rings. The molecule has 19 heavy (non-hydrogen) atoms. The molecule has 7 heteroatoms. The van der Waals surface area contributed by atoms with Gasteiger partial charge in [-0.25, -0.2) is 4.79 Å². The number of aryl methyl sites for hydroxylation is 1. The highest BCUT2D eigenvalue weighted by Gasteiger charge is 2.31. The normalized spacial score (nSPS) is 13.6. The van der Waals surface area contributed by atoms with Crippen molar-refractivity contribution in [3.05, 3.63) is 17.5 Å². The summed E-state index contributed by atoms with van der Waals surface area (Å²) >= 11 is 0. The van der Waals surface area contributed by atoms with Crippen molar-refractivity contribution in [2.24, 2.45) is 5.41 Å². The molecule has 1 heterocycles. The number of nitrogens with one attached hydrogen (secondary N) is 3. The van der Waals surface area contributed by atoms with Crippen molar-refractivity contribution in [1.82, 2.24) is 20.8 Å². The molecule has 0 aliphatic carbocycles. The van der Waals surface area contributed by atoms with Gasteiger partial charge in [0.05, 0.1) is 11.6 Å². The van der Waals surface area contributed by atoms with Gasteiger partial charge in [0.15, 0.2) is 0 Å². The lowest BCUT2D eigenvalue weighted by atomic mass is 9.88. The molecule has 1 atom stereocenters. The summed E-state index contributed by atoms with van der Waals surface area (Å²) in [6.07, 6.45) is 2.09. The first-order chi connectivity index (χ1) is 8.89. The van der Waals surface area contributed by atoms with Crippen LogP contribution in [0.2, 0.25) is 0 Å². The molecule has 1 aromatic rings. The van der Waals surface area contributed by atoms with E-state index >= 15 is 0 Å². The number of urea groups is 1. The van der Waals surface area contributed by atoms with E-state index in [1.807, 2.05) is 6.92 Å². The minimum Gasteiger partial charge on any atom is -0.481 e. The molecule has 0 radical (unpaired) electrons. The molecule has 106 valence electrons. The van der Waals surface area contributed by atoms with Crippen molar-refractivity contribution in [2.45, 2.75) is 33.7 Å². The van der Waals surface area contributed by atoms with Gasteiger partial charge in [-0.2, -0.15) is 5.10 Å². The molecule has 4 N–H and O–H groups in total. The minimum absolute atomic E-state index is 0.0923. The second kappa shape index (κ2) is 6.21. The number of aliphatic carboxylic acids is 1. The second-order valence-electron chi connectivity index (χ2n) is 4.78. The average Bonchev–Trinajstić information content (AvgIpc) is 2.78. The highest BCUT2D eigenvalue weighted by atomic mass is 16.4. The van der Waals surface area contributed by atoms with E-state index in [0.717, 1.165) is 11.3 Å². The van der Waals surface area contributed by atoms with Crippen LogP contribution in [0.25, 0.3) is 0 Å². The summed E-state index contributed by atoms with van der Waals surface area (Å²) in [6.45, 7) is 5.69. The van der Waals surface area contributed by atoms with Crippen LogP contribution in [-0.4, -0.2) is 33.8 Å². The monoisotopic (exact) mass is 268 g/mol. The lowest BCUT2D eigenvalue weighted by Crippen LogP contribution is -2.44. The third kappa shape index (κ3) is 3.97. The molecular weight excluding hydrogens is 248 g/mol. The first-order valence-corrected chi connectivity index (χ1v) is 6.13.